The predicted octanol–water partition coefficient (Wildman–Crippen LogP) is 2.56. The summed E-state index contributed by atoms with van der Waals surface area (Å²) in [4.78, 5) is 0.448. The van der Waals surface area contributed by atoms with Crippen LogP contribution in [-0.4, -0.2) is 5.16 Å². The van der Waals surface area contributed by atoms with Crippen LogP contribution in [0.15, 0.2) is 47.1 Å². The molecular formula is C15H10N2O2. The summed E-state index contributed by atoms with van der Waals surface area (Å²) < 4.78 is 4.66. The summed E-state index contributed by atoms with van der Waals surface area (Å²) in [5, 5.41) is 15.2. The van der Waals surface area contributed by atoms with E-state index >= 15 is 0 Å². The molecule has 0 atom stereocenters. The standard InChI is InChI=1S/C15H10N2O2/c18-17-14-7-6-11-8-12(10-4-2-1-3-5-10)9-13(11)15(14)16-19-17/h1-7,9H,8H2. The monoisotopic (exact) mass is 250 g/mol. The predicted molar refractivity (Wildman–Crippen MR) is 71.0 cm³/mol. The van der Waals surface area contributed by atoms with Crippen molar-refractivity contribution in [3.63, 3.8) is 0 Å². The molecule has 0 aliphatic heterocycles. The van der Waals surface area contributed by atoms with Crippen LogP contribution in [0.5, 0.6) is 0 Å². The summed E-state index contributed by atoms with van der Waals surface area (Å²) in [5.41, 5.74) is 5.73. The van der Waals surface area contributed by atoms with Crippen molar-refractivity contribution in [2.45, 2.75) is 6.42 Å². The Bertz CT molecular complexity index is 804. The van der Waals surface area contributed by atoms with Crippen molar-refractivity contribution in [3.8, 4) is 0 Å². The fourth-order valence-electron chi connectivity index (χ4n) is 2.59. The Morgan fingerprint density at radius 1 is 1.11 bits per heavy atom. The van der Waals surface area contributed by atoms with Crippen LogP contribution in [0, 0.1) is 5.21 Å². The van der Waals surface area contributed by atoms with E-state index < -0.39 is 0 Å². The van der Waals surface area contributed by atoms with Crippen molar-refractivity contribution in [3.05, 3.63) is 64.4 Å². The number of aromatic nitrogens is 2. The number of benzene rings is 2. The van der Waals surface area contributed by atoms with Crippen LogP contribution >= 0.6 is 0 Å². The maximum atomic E-state index is 11.4. The highest BCUT2D eigenvalue weighted by molar-refractivity contribution is 5.96. The Morgan fingerprint density at radius 3 is 2.79 bits per heavy atom. The van der Waals surface area contributed by atoms with E-state index in [-0.39, 0.29) is 0 Å². The first-order chi connectivity index (χ1) is 9.33. The molecule has 19 heavy (non-hydrogen) atoms. The van der Waals surface area contributed by atoms with Gasteiger partial charge in [-0.3, -0.25) is 4.63 Å². The van der Waals surface area contributed by atoms with Crippen molar-refractivity contribution in [1.29, 1.82) is 0 Å². The van der Waals surface area contributed by atoms with E-state index in [1.54, 1.807) is 6.07 Å². The largest absolute Gasteiger partial charge is 0.359 e. The number of rotatable bonds is 1. The van der Waals surface area contributed by atoms with Gasteiger partial charge in [0.1, 0.15) is 0 Å². The zero-order valence-electron chi connectivity index (χ0n) is 10.0. The minimum atomic E-state index is 0.448. The molecule has 0 saturated heterocycles. The molecule has 1 heterocycles. The molecule has 0 N–H and O–H groups in total. The molecular weight excluding hydrogens is 240 g/mol. The third kappa shape index (κ3) is 1.46. The van der Waals surface area contributed by atoms with Gasteiger partial charge in [0.15, 0.2) is 0 Å². The first-order valence-corrected chi connectivity index (χ1v) is 6.10. The Morgan fingerprint density at radius 2 is 1.95 bits per heavy atom. The van der Waals surface area contributed by atoms with Crippen LogP contribution in [0.1, 0.15) is 16.7 Å². The fourth-order valence-corrected chi connectivity index (χ4v) is 2.59. The van der Waals surface area contributed by atoms with Crippen molar-refractivity contribution in [2.75, 3.05) is 0 Å². The van der Waals surface area contributed by atoms with Crippen molar-refractivity contribution < 1.29 is 9.53 Å². The van der Waals surface area contributed by atoms with E-state index in [0.717, 1.165) is 12.0 Å². The van der Waals surface area contributed by atoms with Crippen molar-refractivity contribution in [1.82, 2.24) is 5.16 Å². The molecule has 0 fully saturated rings. The highest BCUT2D eigenvalue weighted by atomic mass is 16.8. The minimum Gasteiger partial charge on any atom is -0.359 e. The van der Waals surface area contributed by atoms with Gasteiger partial charge >= 0.3 is 0 Å². The van der Waals surface area contributed by atoms with Crippen molar-refractivity contribution >= 4 is 22.7 Å². The maximum Gasteiger partial charge on any atom is 0.256 e. The average Bonchev–Trinajstić information content (AvgIpc) is 3.03. The van der Waals surface area contributed by atoms with Crippen LogP contribution in [0.25, 0.3) is 22.7 Å². The van der Waals surface area contributed by atoms with E-state index in [4.69, 9.17) is 0 Å². The first-order valence-electron chi connectivity index (χ1n) is 6.10. The topological polar surface area (TPSA) is 53.0 Å². The van der Waals surface area contributed by atoms with Gasteiger partial charge in [-0.15, -0.1) is 0 Å². The van der Waals surface area contributed by atoms with Gasteiger partial charge in [0.2, 0.25) is 5.52 Å². The first kappa shape index (κ1) is 10.3. The molecule has 1 aromatic heterocycles. The van der Waals surface area contributed by atoms with Gasteiger partial charge in [0.25, 0.3) is 5.52 Å². The van der Waals surface area contributed by atoms with Crippen LogP contribution in [0.3, 0.4) is 0 Å². The molecule has 0 saturated carbocycles. The molecule has 92 valence electrons. The molecule has 3 aromatic rings. The van der Waals surface area contributed by atoms with E-state index in [9.17, 15) is 5.21 Å². The zero-order chi connectivity index (χ0) is 12.8. The Labute approximate surface area is 109 Å². The lowest BCUT2D eigenvalue weighted by atomic mass is 10.0. The highest BCUT2D eigenvalue weighted by Gasteiger charge is 2.22. The van der Waals surface area contributed by atoms with Gasteiger partial charge in [0.05, 0.1) is 0 Å². The van der Waals surface area contributed by atoms with Gasteiger partial charge in [0, 0.05) is 10.7 Å². The Balaban J connectivity index is 1.91. The number of hydrogen-bond donors (Lipinski definition) is 0. The smallest absolute Gasteiger partial charge is 0.256 e. The van der Waals surface area contributed by atoms with Gasteiger partial charge in [-0.2, -0.15) is 0 Å². The summed E-state index contributed by atoms with van der Waals surface area (Å²) >= 11 is 0. The number of nitrogens with zero attached hydrogens (tertiary/aromatic N) is 2. The maximum absolute atomic E-state index is 11.4. The zero-order valence-corrected chi connectivity index (χ0v) is 10.0. The van der Waals surface area contributed by atoms with Gasteiger partial charge in [-0.05, 0) is 40.2 Å². The van der Waals surface area contributed by atoms with Gasteiger partial charge in [-0.1, -0.05) is 36.4 Å². The lowest BCUT2D eigenvalue weighted by Crippen LogP contribution is -2.22. The lowest BCUT2D eigenvalue weighted by Gasteiger charge is -2.00. The van der Waals surface area contributed by atoms with Crippen LogP contribution in [0.2, 0.25) is 0 Å². The second kappa shape index (κ2) is 3.68. The van der Waals surface area contributed by atoms with E-state index in [1.807, 2.05) is 24.3 Å². The summed E-state index contributed by atoms with van der Waals surface area (Å²) in [5.74, 6) is 0. The summed E-state index contributed by atoms with van der Waals surface area (Å²) in [6.45, 7) is 0. The summed E-state index contributed by atoms with van der Waals surface area (Å²) in [6, 6.07) is 14.0. The third-order valence-electron chi connectivity index (χ3n) is 3.53. The molecule has 1 aliphatic rings. The Kier molecular flexibility index (Phi) is 2.00. The van der Waals surface area contributed by atoms with Gasteiger partial charge in [-0.25, -0.2) is 0 Å². The van der Waals surface area contributed by atoms with Crippen LogP contribution in [-0.2, 0) is 6.42 Å². The minimum absolute atomic E-state index is 0.448. The molecule has 0 radical (unpaired) electrons. The van der Waals surface area contributed by atoms with E-state index in [1.165, 1.54) is 16.7 Å². The Hall–Kier alpha value is -2.62. The van der Waals surface area contributed by atoms with E-state index in [2.05, 4.69) is 28.0 Å². The molecule has 2 aromatic carbocycles. The van der Waals surface area contributed by atoms with Gasteiger partial charge < -0.3 is 5.21 Å². The normalized spacial score (nSPS) is 13.6. The highest BCUT2D eigenvalue weighted by Crippen LogP contribution is 2.34. The fraction of sp³-hybridized carbons (Fsp3) is 0.0667. The quantitative estimate of drug-likeness (QED) is 0.624. The molecule has 4 rings (SSSR count). The number of allylic oxidation sites excluding steroid dienone is 1. The summed E-state index contributed by atoms with van der Waals surface area (Å²) in [7, 11) is 0. The molecule has 4 heteroatoms. The third-order valence-corrected chi connectivity index (χ3v) is 3.53. The summed E-state index contributed by atoms with van der Waals surface area (Å²) in [6.07, 6.45) is 2.95. The molecule has 0 spiro atoms. The average molecular weight is 250 g/mol. The molecule has 0 unspecified atom stereocenters. The number of hydrogen-bond acceptors (Lipinski definition) is 3. The molecule has 4 nitrogen and oxygen atoms in total. The second-order valence-electron chi connectivity index (χ2n) is 4.65. The second-order valence-corrected chi connectivity index (χ2v) is 4.65. The SMILES string of the molecule is [O-][n+]1onc2c3c(ccc21)CC(c1ccccc1)=C3. The van der Waals surface area contributed by atoms with Crippen LogP contribution in [0.4, 0.5) is 0 Å². The molecule has 0 bridgehead atoms. The van der Waals surface area contributed by atoms with E-state index in [0.29, 0.717) is 15.9 Å². The van der Waals surface area contributed by atoms with Crippen molar-refractivity contribution in [2.24, 2.45) is 0 Å². The number of fused-ring (bicyclic) bond motifs is 3. The van der Waals surface area contributed by atoms with Crippen LogP contribution < -0.4 is 4.90 Å². The lowest BCUT2D eigenvalue weighted by molar-refractivity contribution is -0.782. The molecule has 1 aliphatic carbocycles. The molecule has 0 amide bonds.